The van der Waals surface area contributed by atoms with E-state index in [0.717, 1.165) is 122 Å². The molecule has 0 N–H and O–H groups in total. The first-order valence-corrected chi connectivity index (χ1v) is 32.5. The van der Waals surface area contributed by atoms with Crippen molar-refractivity contribution in [1.82, 2.24) is 0 Å². The molecule has 6 saturated carbocycles. The van der Waals surface area contributed by atoms with Crippen molar-refractivity contribution in [3.8, 4) is 0 Å². The monoisotopic (exact) mass is 1140 g/mol. The van der Waals surface area contributed by atoms with E-state index in [1.807, 2.05) is 12.1 Å². The van der Waals surface area contributed by atoms with Crippen LogP contribution in [0.1, 0.15) is 245 Å². The molecule has 81 heavy (non-hydrogen) atoms. The molecule has 6 fully saturated rings. The van der Waals surface area contributed by atoms with E-state index in [1.54, 1.807) is 59.7 Å². The molecule has 0 aliphatic heterocycles. The summed E-state index contributed by atoms with van der Waals surface area (Å²) in [5.74, 6) is 9.84. The number of ketones is 4. The van der Waals surface area contributed by atoms with Crippen molar-refractivity contribution in [2.24, 2.45) is 92.7 Å². The Hall–Kier alpha value is -3.03. The van der Waals surface area contributed by atoms with Crippen LogP contribution in [0.5, 0.6) is 0 Å². The first-order valence-electron chi connectivity index (χ1n) is 32.5. The molecule has 0 saturated heterocycles. The van der Waals surface area contributed by atoms with Crippen molar-refractivity contribution in [1.29, 1.82) is 0 Å². The summed E-state index contributed by atoms with van der Waals surface area (Å²) in [6.07, 6.45) is 35.2. The van der Waals surface area contributed by atoms with Gasteiger partial charge in [-0.3, -0.25) is 0 Å². The van der Waals surface area contributed by atoms with E-state index in [9.17, 15) is 29.4 Å². The predicted octanol–water partition coefficient (Wildman–Crippen LogP) is 16.8. The second kappa shape index (κ2) is 29.4. The Morgan fingerprint density at radius 2 is 0.852 bits per heavy atom. The number of hydrogen-bond donors (Lipinski definition) is 0. The molecule has 6 unspecified atom stereocenters. The summed E-state index contributed by atoms with van der Waals surface area (Å²) in [6.45, 7) is 27.8. The molecule has 0 amide bonds. The smallest absolute Gasteiger partial charge is 0.0768 e. The topological polar surface area (TPSA) is 114 Å². The van der Waals surface area contributed by atoms with Crippen LogP contribution in [0.25, 0.3) is 0 Å². The Morgan fingerprint density at radius 3 is 1.19 bits per heavy atom. The van der Waals surface area contributed by atoms with Crippen LogP contribution >= 0.6 is 0 Å². The van der Waals surface area contributed by atoms with E-state index in [-0.39, 0.29) is 57.1 Å². The summed E-state index contributed by atoms with van der Waals surface area (Å²) in [7, 11) is 0. The van der Waals surface area contributed by atoms with E-state index in [2.05, 4.69) is 81.4 Å². The van der Waals surface area contributed by atoms with Crippen molar-refractivity contribution < 1.29 is 51.1 Å². The predicted molar refractivity (Wildman–Crippen MR) is 325 cm³/mol. The number of hydrogen-bond acceptors (Lipinski definition) is 6. The van der Waals surface area contributed by atoms with E-state index >= 15 is 0 Å². The fraction of sp³-hybridized carbons (Fsp3) is 0.703. The second-order valence-electron chi connectivity index (χ2n) is 29.3. The molecule has 2 aromatic carbocycles. The SMILES string of the molecule is CC(=O)[CH-]C(=O)c1ccccc1.CC(=O)[CH-]C(=O)c1ccccc1.CC(C)CCC[C@H](C)C1CCC2[C@@H]3CC=C4C[C@@H]([O-])CC[C@]4(C)C3CC[C@@]21C.CC(C)CCC[C@H](C)C1CCC2[C@@H]3CC=C4C[C@@H]([O-])CC[C@]4(C)C3CC[C@@]21C.[Ti]. The maximum atomic E-state index is 12.1. The molecule has 7 heteroatoms. The van der Waals surface area contributed by atoms with E-state index in [0.29, 0.717) is 32.8 Å². The van der Waals surface area contributed by atoms with Gasteiger partial charge in [-0.2, -0.15) is 0 Å². The van der Waals surface area contributed by atoms with Gasteiger partial charge in [0, 0.05) is 33.3 Å². The van der Waals surface area contributed by atoms with Gasteiger partial charge in [0.05, 0.1) is 11.6 Å². The molecular formula is C74H108O6Ti-4. The first kappa shape index (κ1) is 67.1. The van der Waals surface area contributed by atoms with E-state index in [4.69, 9.17) is 0 Å². The van der Waals surface area contributed by atoms with Crippen molar-refractivity contribution in [3.63, 3.8) is 0 Å². The van der Waals surface area contributed by atoms with Crippen molar-refractivity contribution in [2.45, 2.75) is 237 Å². The summed E-state index contributed by atoms with van der Waals surface area (Å²) in [6, 6.07) is 17.4. The quantitative estimate of drug-likeness (QED) is 0.0544. The maximum Gasteiger partial charge on any atom is 0.0768 e. The van der Waals surface area contributed by atoms with Gasteiger partial charge in [0.25, 0.3) is 0 Å². The Kier molecular flexibility index (Phi) is 24.3. The number of fused-ring (bicyclic) bond motifs is 10. The largest absolute Gasteiger partial charge is 0.852 e. The third-order valence-corrected chi connectivity index (χ3v) is 23.3. The van der Waals surface area contributed by atoms with E-state index < -0.39 is 0 Å². The average Bonchev–Trinajstić information content (AvgIpc) is 4.21. The first-order chi connectivity index (χ1) is 37.9. The van der Waals surface area contributed by atoms with Crippen LogP contribution in [-0.4, -0.2) is 35.3 Å². The number of Topliss-reactive ketones (excluding diaryl/α,β-unsaturated/α-hetero) is 4. The van der Waals surface area contributed by atoms with Gasteiger partial charge in [0.15, 0.2) is 0 Å². The number of carbonyl (C=O) groups excluding carboxylic acids is 4. The van der Waals surface area contributed by atoms with Gasteiger partial charge < -0.3 is 29.4 Å². The third-order valence-electron chi connectivity index (χ3n) is 23.3. The van der Waals surface area contributed by atoms with Gasteiger partial charge in [-0.25, -0.2) is 0 Å². The molecular weight excluding hydrogens is 1030 g/mol. The molecule has 10 rings (SSSR count). The molecule has 0 spiro atoms. The molecule has 0 aromatic heterocycles. The number of allylic oxidation sites excluding steroid dienone is 2. The van der Waals surface area contributed by atoms with Crippen LogP contribution < -0.4 is 10.2 Å². The summed E-state index contributed by atoms with van der Waals surface area (Å²) in [5, 5.41) is 24.3. The van der Waals surface area contributed by atoms with Gasteiger partial charge in [0.2, 0.25) is 0 Å². The fourth-order valence-electron chi connectivity index (χ4n) is 19.0. The normalized spacial score (nSPS) is 34.9. The maximum absolute atomic E-state index is 12.1. The van der Waals surface area contributed by atoms with Gasteiger partial charge in [0.1, 0.15) is 0 Å². The molecule has 448 valence electrons. The van der Waals surface area contributed by atoms with Crippen molar-refractivity contribution >= 4 is 23.1 Å². The van der Waals surface area contributed by atoms with Gasteiger partial charge in [-0.05, 0) is 196 Å². The third kappa shape index (κ3) is 15.9. The summed E-state index contributed by atoms with van der Waals surface area (Å²) < 4.78 is 0. The summed E-state index contributed by atoms with van der Waals surface area (Å²) in [4.78, 5) is 43.5. The summed E-state index contributed by atoms with van der Waals surface area (Å²) >= 11 is 0. The zero-order chi connectivity index (χ0) is 58.2. The number of carbonyl (C=O) groups is 4. The van der Waals surface area contributed by atoms with Crippen LogP contribution in [0.15, 0.2) is 84.0 Å². The molecule has 8 aliphatic carbocycles. The van der Waals surface area contributed by atoms with Crippen LogP contribution in [0.4, 0.5) is 0 Å². The van der Waals surface area contributed by atoms with Gasteiger partial charge >= 0.3 is 0 Å². The fourth-order valence-corrected chi connectivity index (χ4v) is 19.0. The molecule has 0 heterocycles. The van der Waals surface area contributed by atoms with E-state index in [1.165, 1.54) is 117 Å². The Balaban J connectivity index is 0.000000186. The molecule has 0 radical (unpaired) electrons. The average molecular weight is 1140 g/mol. The summed E-state index contributed by atoms with van der Waals surface area (Å²) in [5.41, 5.74) is 6.07. The second-order valence-corrected chi connectivity index (χ2v) is 29.3. The Labute approximate surface area is 508 Å². The van der Waals surface area contributed by atoms with Crippen LogP contribution in [-0.2, 0) is 31.3 Å². The standard InChI is InChI=1S/2C27H45O.2C10H9O2.Ti/c2*1-18(2)7-6-8-19(3)23-11-12-24-22-10-9-20-17-21(28)13-15-26(20,4)25(22)14-16-27(23,24)5;2*1-8(11)7-10(12)9-5-3-2-4-6-9;/h2*9,18-19,21-25H,6-8,10-17H2,1-5H3;2*2-7H,1H3;/q4*-1;/t2*19-,21-,22-,23?,24?,25?,26-,27+;;;/m00.../s1. The van der Waals surface area contributed by atoms with Crippen LogP contribution in [0.2, 0.25) is 0 Å². The Morgan fingerprint density at radius 1 is 0.494 bits per heavy atom. The molecule has 16 atom stereocenters. The van der Waals surface area contributed by atoms with Crippen LogP contribution in [0.3, 0.4) is 0 Å². The van der Waals surface area contributed by atoms with Crippen molar-refractivity contribution in [2.75, 3.05) is 0 Å². The molecule has 0 bridgehead atoms. The van der Waals surface area contributed by atoms with Crippen molar-refractivity contribution in [3.05, 3.63) is 108 Å². The minimum Gasteiger partial charge on any atom is -0.852 e. The van der Waals surface area contributed by atoms with Gasteiger partial charge in [-0.15, -0.1) is 60.4 Å². The zero-order valence-electron chi connectivity index (χ0n) is 52.7. The van der Waals surface area contributed by atoms with Gasteiger partial charge in [-0.1, -0.05) is 180 Å². The van der Waals surface area contributed by atoms with Crippen LogP contribution in [0, 0.1) is 106 Å². The Bertz CT molecular complexity index is 2260. The number of benzene rings is 2. The molecule has 6 nitrogen and oxygen atoms in total. The minimum absolute atomic E-state index is 0. The zero-order valence-corrected chi connectivity index (χ0v) is 54.2. The molecule has 2 aromatic rings. The molecule has 8 aliphatic rings. The minimum atomic E-state index is -0.327. The number of rotatable bonds is 16.